The highest BCUT2D eigenvalue weighted by molar-refractivity contribution is 5.71. The van der Waals surface area contributed by atoms with E-state index in [9.17, 15) is 14.4 Å². The minimum Gasteiger partial charge on any atom is -0.462 e. The molecule has 6 nitrogen and oxygen atoms in total. The van der Waals surface area contributed by atoms with Crippen LogP contribution in [0.15, 0.2) is 0 Å². The van der Waals surface area contributed by atoms with E-state index in [2.05, 4.69) is 27.7 Å². The molecule has 0 aliphatic rings. The number of carbonyl (C=O) groups excluding carboxylic acids is 3. The predicted octanol–water partition coefficient (Wildman–Crippen LogP) is 18.6. The van der Waals surface area contributed by atoms with Gasteiger partial charge in [-0.05, 0) is 25.2 Å². The van der Waals surface area contributed by atoms with Crippen molar-refractivity contribution in [3.8, 4) is 0 Å². The summed E-state index contributed by atoms with van der Waals surface area (Å²) in [4.78, 5) is 38.0. The molecule has 0 saturated carbocycles. The van der Waals surface area contributed by atoms with Gasteiger partial charge in [-0.3, -0.25) is 14.4 Å². The van der Waals surface area contributed by atoms with E-state index in [4.69, 9.17) is 14.2 Å². The van der Waals surface area contributed by atoms with Crippen molar-refractivity contribution < 1.29 is 28.6 Å². The molecule has 0 amide bonds. The van der Waals surface area contributed by atoms with Crippen LogP contribution in [0, 0.1) is 5.92 Å². The van der Waals surface area contributed by atoms with E-state index in [0.717, 1.165) is 63.7 Å². The lowest BCUT2D eigenvalue weighted by molar-refractivity contribution is -0.167. The fraction of sp³-hybridized carbons (Fsp3) is 0.947. The van der Waals surface area contributed by atoms with Crippen molar-refractivity contribution in [2.75, 3.05) is 13.2 Å². The molecule has 63 heavy (non-hydrogen) atoms. The van der Waals surface area contributed by atoms with E-state index >= 15 is 0 Å². The van der Waals surface area contributed by atoms with Crippen molar-refractivity contribution >= 4 is 17.9 Å². The minimum absolute atomic E-state index is 0.0620. The second-order valence-corrected chi connectivity index (χ2v) is 20.1. The van der Waals surface area contributed by atoms with Crippen LogP contribution in [0.3, 0.4) is 0 Å². The summed E-state index contributed by atoms with van der Waals surface area (Å²) in [5.41, 5.74) is 0. The maximum atomic E-state index is 12.8. The number of carbonyl (C=O) groups is 3. The molecule has 0 aromatic carbocycles. The number of ether oxygens (including phenoxy) is 3. The van der Waals surface area contributed by atoms with Crippen molar-refractivity contribution in [3.63, 3.8) is 0 Å². The van der Waals surface area contributed by atoms with Crippen LogP contribution in [-0.4, -0.2) is 37.2 Å². The van der Waals surface area contributed by atoms with Crippen LogP contribution in [0.5, 0.6) is 0 Å². The molecule has 0 rings (SSSR count). The molecule has 0 radical (unpaired) electrons. The fourth-order valence-corrected chi connectivity index (χ4v) is 8.75. The molecule has 0 N–H and O–H groups in total. The van der Waals surface area contributed by atoms with E-state index in [1.807, 2.05) is 0 Å². The third-order valence-electron chi connectivity index (χ3n) is 13.0. The van der Waals surface area contributed by atoms with Gasteiger partial charge in [0, 0.05) is 19.3 Å². The van der Waals surface area contributed by atoms with E-state index < -0.39 is 6.10 Å². The summed E-state index contributed by atoms with van der Waals surface area (Å²) in [5.74, 6) is 0.0117. The molecule has 374 valence electrons. The molecule has 0 aromatic heterocycles. The number of esters is 3. The van der Waals surface area contributed by atoms with E-state index in [0.29, 0.717) is 19.3 Å². The fourth-order valence-electron chi connectivity index (χ4n) is 8.75. The second-order valence-electron chi connectivity index (χ2n) is 20.1. The molecular formula is C57H110O6. The van der Waals surface area contributed by atoms with E-state index in [-0.39, 0.29) is 31.1 Å². The summed E-state index contributed by atoms with van der Waals surface area (Å²) in [6, 6.07) is 0. The van der Waals surface area contributed by atoms with Gasteiger partial charge in [0.25, 0.3) is 0 Å². The Morgan fingerprint density at radius 1 is 0.302 bits per heavy atom. The standard InChI is InChI=1S/C57H110O6/c1-5-7-9-11-13-15-17-18-19-22-25-29-32-36-40-44-48-55(58)61-51-54(63-57(60)50-46-42-38-34-27-16-14-12-10-8-6-2)52-62-56(59)49-45-41-37-33-30-26-23-20-21-24-28-31-35-39-43-47-53(3)4/h53-54H,5-52H2,1-4H3/t54-/m1/s1. The van der Waals surface area contributed by atoms with Crippen LogP contribution in [0.2, 0.25) is 0 Å². The lowest BCUT2D eigenvalue weighted by atomic mass is 10.0. The molecule has 0 bridgehead atoms. The molecule has 0 aliphatic carbocycles. The van der Waals surface area contributed by atoms with Gasteiger partial charge in [-0.1, -0.05) is 285 Å². The molecule has 0 unspecified atom stereocenters. The van der Waals surface area contributed by atoms with Crippen molar-refractivity contribution in [2.24, 2.45) is 5.92 Å². The van der Waals surface area contributed by atoms with Crippen molar-refractivity contribution in [1.29, 1.82) is 0 Å². The predicted molar refractivity (Wildman–Crippen MR) is 270 cm³/mol. The Hall–Kier alpha value is -1.59. The molecule has 0 heterocycles. The first kappa shape index (κ1) is 61.4. The molecule has 0 aromatic rings. The van der Waals surface area contributed by atoms with Gasteiger partial charge < -0.3 is 14.2 Å². The Bertz CT molecular complexity index is 949. The van der Waals surface area contributed by atoms with Gasteiger partial charge in [0.15, 0.2) is 6.10 Å². The van der Waals surface area contributed by atoms with Crippen LogP contribution in [0.1, 0.15) is 323 Å². The summed E-state index contributed by atoms with van der Waals surface area (Å²) in [7, 11) is 0. The average molecular weight is 892 g/mol. The Kier molecular flexibility index (Phi) is 50.1. The van der Waals surface area contributed by atoms with Crippen LogP contribution in [0.25, 0.3) is 0 Å². The maximum Gasteiger partial charge on any atom is 0.306 e. The quantitative estimate of drug-likeness (QED) is 0.0344. The van der Waals surface area contributed by atoms with Gasteiger partial charge in [-0.15, -0.1) is 0 Å². The summed E-state index contributed by atoms with van der Waals surface area (Å²) in [5, 5.41) is 0. The molecule has 1 atom stereocenters. The van der Waals surface area contributed by atoms with E-state index in [1.165, 1.54) is 218 Å². The normalized spacial score (nSPS) is 12.0. The smallest absolute Gasteiger partial charge is 0.306 e. The Labute approximate surface area is 393 Å². The molecule has 0 fully saturated rings. The highest BCUT2D eigenvalue weighted by Crippen LogP contribution is 2.18. The van der Waals surface area contributed by atoms with Crippen molar-refractivity contribution in [3.05, 3.63) is 0 Å². The summed E-state index contributed by atoms with van der Waals surface area (Å²) >= 11 is 0. The third kappa shape index (κ3) is 51.3. The number of hydrogen-bond acceptors (Lipinski definition) is 6. The van der Waals surface area contributed by atoms with E-state index in [1.54, 1.807) is 0 Å². The zero-order chi connectivity index (χ0) is 45.9. The van der Waals surface area contributed by atoms with Gasteiger partial charge in [0.05, 0.1) is 0 Å². The SMILES string of the molecule is CCCCCCCCCCCCCCCCCCC(=O)OC[C@H](COC(=O)CCCCCCCCCCCCCCCCCC(C)C)OC(=O)CCCCCCCCCCCCC. The monoisotopic (exact) mass is 891 g/mol. The summed E-state index contributed by atoms with van der Waals surface area (Å²) in [6.45, 7) is 9.06. The minimum atomic E-state index is -0.761. The zero-order valence-corrected chi connectivity index (χ0v) is 43.0. The summed E-state index contributed by atoms with van der Waals surface area (Å²) < 4.78 is 16.9. The van der Waals surface area contributed by atoms with Gasteiger partial charge in [0.2, 0.25) is 0 Å². The van der Waals surface area contributed by atoms with Crippen LogP contribution in [0.4, 0.5) is 0 Å². The maximum absolute atomic E-state index is 12.8. The number of unbranched alkanes of at least 4 members (excludes halogenated alkanes) is 39. The van der Waals surface area contributed by atoms with Crippen molar-refractivity contribution in [2.45, 2.75) is 329 Å². The summed E-state index contributed by atoms with van der Waals surface area (Å²) in [6.07, 6.45) is 55.2. The molecule has 0 saturated heterocycles. The molecular weight excluding hydrogens is 781 g/mol. The highest BCUT2D eigenvalue weighted by atomic mass is 16.6. The average Bonchev–Trinajstić information content (AvgIpc) is 3.27. The third-order valence-corrected chi connectivity index (χ3v) is 13.0. The Morgan fingerprint density at radius 2 is 0.524 bits per heavy atom. The van der Waals surface area contributed by atoms with Crippen LogP contribution < -0.4 is 0 Å². The lowest BCUT2D eigenvalue weighted by Crippen LogP contribution is -2.30. The second kappa shape index (κ2) is 51.4. The van der Waals surface area contributed by atoms with Gasteiger partial charge in [-0.2, -0.15) is 0 Å². The van der Waals surface area contributed by atoms with Gasteiger partial charge >= 0.3 is 17.9 Å². The van der Waals surface area contributed by atoms with Crippen molar-refractivity contribution in [1.82, 2.24) is 0 Å². The number of hydrogen-bond donors (Lipinski definition) is 0. The Morgan fingerprint density at radius 3 is 0.778 bits per heavy atom. The molecule has 6 heteroatoms. The molecule has 0 spiro atoms. The van der Waals surface area contributed by atoms with Gasteiger partial charge in [0.1, 0.15) is 13.2 Å². The first-order valence-corrected chi connectivity index (χ1v) is 28.4. The number of rotatable bonds is 52. The first-order chi connectivity index (χ1) is 30.9. The van der Waals surface area contributed by atoms with Gasteiger partial charge in [-0.25, -0.2) is 0 Å². The lowest BCUT2D eigenvalue weighted by Gasteiger charge is -2.18. The highest BCUT2D eigenvalue weighted by Gasteiger charge is 2.19. The van der Waals surface area contributed by atoms with Crippen LogP contribution in [-0.2, 0) is 28.6 Å². The molecule has 0 aliphatic heterocycles. The topological polar surface area (TPSA) is 78.9 Å². The Balaban J connectivity index is 4.24. The van der Waals surface area contributed by atoms with Crippen LogP contribution >= 0.6 is 0 Å². The first-order valence-electron chi connectivity index (χ1n) is 28.4. The zero-order valence-electron chi connectivity index (χ0n) is 43.0. The largest absolute Gasteiger partial charge is 0.462 e.